The third kappa shape index (κ3) is 8.32. The lowest BCUT2D eigenvalue weighted by Gasteiger charge is -2.34. The van der Waals surface area contributed by atoms with Gasteiger partial charge in [-0.2, -0.15) is 0 Å². The van der Waals surface area contributed by atoms with Crippen molar-refractivity contribution in [3.8, 4) is 0 Å². The van der Waals surface area contributed by atoms with Crippen molar-refractivity contribution in [2.45, 2.75) is 62.6 Å². The molecule has 7 nitrogen and oxygen atoms in total. The van der Waals surface area contributed by atoms with Crippen LogP contribution in [0.3, 0.4) is 0 Å². The Balaban J connectivity index is 1.56. The number of amides is 2. The molecule has 1 saturated carbocycles. The number of nitrogens with one attached hydrogen (secondary N) is 1. The second-order valence-corrected chi connectivity index (χ2v) is 13.8. The molecule has 0 aromatic heterocycles. The topological polar surface area (TPSA) is 86.8 Å². The van der Waals surface area contributed by atoms with Gasteiger partial charge in [-0.15, -0.1) is 0 Å². The average molecular weight is 644 g/mol. The molecule has 2 amide bonds. The van der Waals surface area contributed by atoms with Crippen molar-refractivity contribution < 1.29 is 18.0 Å². The van der Waals surface area contributed by atoms with Crippen molar-refractivity contribution in [2.24, 2.45) is 0 Å². The highest BCUT2D eigenvalue weighted by Crippen LogP contribution is 2.27. The third-order valence-corrected chi connectivity index (χ3v) is 10.2. The number of rotatable bonds is 12. The quantitative estimate of drug-likeness (QED) is 0.190. The summed E-state index contributed by atoms with van der Waals surface area (Å²) in [4.78, 5) is 30.2. The first-order valence-corrected chi connectivity index (χ1v) is 17.1. The van der Waals surface area contributed by atoms with Gasteiger partial charge in [0.05, 0.1) is 10.6 Å². The van der Waals surface area contributed by atoms with Crippen molar-refractivity contribution >= 4 is 39.1 Å². The maximum atomic E-state index is 14.5. The Morgan fingerprint density at radius 3 is 2.13 bits per heavy atom. The fourth-order valence-electron chi connectivity index (χ4n) is 5.69. The molecule has 0 saturated heterocycles. The van der Waals surface area contributed by atoms with Gasteiger partial charge in [-0.1, -0.05) is 109 Å². The van der Waals surface area contributed by atoms with Crippen LogP contribution in [0.4, 0.5) is 5.69 Å². The minimum atomic E-state index is -4.17. The van der Waals surface area contributed by atoms with E-state index in [1.807, 2.05) is 61.5 Å². The molecule has 9 heteroatoms. The molecule has 0 spiro atoms. The van der Waals surface area contributed by atoms with E-state index >= 15 is 0 Å². The fraction of sp³-hybridized carbons (Fsp3) is 0.278. The number of hydrogen-bond acceptors (Lipinski definition) is 4. The van der Waals surface area contributed by atoms with E-state index in [9.17, 15) is 18.0 Å². The van der Waals surface area contributed by atoms with E-state index in [2.05, 4.69) is 5.32 Å². The van der Waals surface area contributed by atoms with E-state index in [0.29, 0.717) is 5.02 Å². The standard InChI is InChI=1S/C36H38ClN3O4S/c1-27-19-21-29(22-20-27)25-39(34(23-28-11-4-2-5-12-28)36(42)38-31-14-8-9-15-31)35(41)26-40(32-16-10-13-30(37)24-32)45(43,44)33-17-6-3-7-18-33/h2-7,10-13,16-22,24,31,34H,8-9,14-15,23,25-26H2,1H3,(H,38,42). The van der Waals surface area contributed by atoms with Crippen LogP contribution in [-0.4, -0.2) is 43.8 Å². The normalized spacial score (nSPS) is 14.1. The largest absolute Gasteiger partial charge is 0.352 e. The molecule has 0 heterocycles. The smallest absolute Gasteiger partial charge is 0.264 e. The maximum Gasteiger partial charge on any atom is 0.264 e. The van der Waals surface area contributed by atoms with E-state index in [-0.39, 0.29) is 35.5 Å². The number of carbonyl (C=O) groups is 2. The Kier molecular flexibility index (Phi) is 10.6. The summed E-state index contributed by atoms with van der Waals surface area (Å²) in [6, 6.07) is 31.0. The van der Waals surface area contributed by atoms with Gasteiger partial charge < -0.3 is 10.2 Å². The number of sulfonamides is 1. The highest BCUT2D eigenvalue weighted by molar-refractivity contribution is 7.92. The van der Waals surface area contributed by atoms with Gasteiger partial charge in [0, 0.05) is 24.0 Å². The number of benzene rings is 4. The van der Waals surface area contributed by atoms with E-state index in [4.69, 9.17) is 11.6 Å². The van der Waals surface area contributed by atoms with Crippen LogP contribution in [0.1, 0.15) is 42.4 Å². The molecule has 45 heavy (non-hydrogen) atoms. The molecule has 5 rings (SSSR count). The summed E-state index contributed by atoms with van der Waals surface area (Å²) in [6.45, 7) is 1.59. The Morgan fingerprint density at radius 2 is 1.49 bits per heavy atom. The molecule has 4 aromatic carbocycles. The van der Waals surface area contributed by atoms with E-state index < -0.39 is 28.5 Å². The lowest BCUT2D eigenvalue weighted by Crippen LogP contribution is -2.54. The number of anilines is 1. The zero-order valence-corrected chi connectivity index (χ0v) is 26.9. The second kappa shape index (κ2) is 14.8. The summed E-state index contributed by atoms with van der Waals surface area (Å²) in [5.41, 5.74) is 3.05. The molecule has 1 aliphatic carbocycles. The van der Waals surface area contributed by atoms with E-state index in [1.165, 1.54) is 23.1 Å². The molecular formula is C36H38ClN3O4S. The predicted molar refractivity (Wildman–Crippen MR) is 178 cm³/mol. The summed E-state index contributed by atoms with van der Waals surface area (Å²) in [7, 11) is -4.17. The van der Waals surface area contributed by atoms with Crippen LogP contribution < -0.4 is 9.62 Å². The SMILES string of the molecule is Cc1ccc(CN(C(=O)CN(c2cccc(Cl)c2)S(=O)(=O)c2ccccc2)C(Cc2ccccc2)C(=O)NC2CCCC2)cc1. The van der Waals surface area contributed by atoms with Crippen LogP contribution in [-0.2, 0) is 32.6 Å². The van der Waals surface area contributed by atoms with Crippen LogP contribution in [0.15, 0.2) is 114 Å². The van der Waals surface area contributed by atoms with E-state index in [0.717, 1.165) is 46.7 Å². The predicted octanol–water partition coefficient (Wildman–Crippen LogP) is 6.54. The number of carbonyl (C=O) groups excluding carboxylic acids is 2. The minimum Gasteiger partial charge on any atom is -0.352 e. The Morgan fingerprint density at radius 1 is 0.844 bits per heavy atom. The van der Waals surface area contributed by atoms with Crippen molar-refractivity contribution in [1.82, 2.24) is 10.2 Å². The molecule has 1 atom stereocenters. The zero-order valence-electron chi connectivity index (χ0n) is 25.3. The number of halogens is 1. The minimum absolute atomic E-state index is 0.0441. The van der Waals surface area contributed by atoms with Gasteiger partial charge in [-0.3, -0.25) is 13.9 Å². The summed E-state index contributed by atoms with van der Waals surface area (Å²) in [5.74, 6) is -0.746. The van der Waals surface area contributed by atoms with Crippen LogP contribution in [0, 0.1) is 6.92 Å². The van der Waals surface area contributed by atoms with Crippen molar-refractivity contribution in [2.75, 3.05) is 10.8 Å². The molecule has 4 aromatic rings. The van der Waals surface area contributed by atoms with Gasteiger partial charge in [0.15, 0.2) is 0 Å². The monoisotopic (exact) mass is 643 g/mol. The highest BCUT2D eigenvalue weighted by Gasteiger charge is 2.35. The van der Waals surface area contributed by atoms with Crippen LogP contribution in [0.5, 0.6) is 0 Å². The first kappa shape index (κ1) is 32.3. The Bertz CT molecular complexity index is 1690. The van der Waals surface area contributed by atoms with Gasteiger partial charge in [0.25, 0.3) is 10.0 Å². The molecule has 0 aliphatic heterocycles. The molecule has 1 N–H and O–H groups in total. The van der Waals surface area contributed by atoms with Crippen LogP contribution in [0.2, 0.25) is 5.02 Å². The lowest BCUT2D eigenvalue weighted by atomic mass is 10.0. The van der Waals surface area contributed by atoms with Gasteiger partial charge in [-0.25, -0.2) is 8.42 Å². The number of aryl methyl sites for hydroxylation is 1. The maximum absolute atomic E-state index is 14.5. The third-order valence-electron chi connectivity index (χ3n) is 8.15. The molecular weight excluding hydrogens is 606 g/mol. The first-order valence-electron chi connectivity index (χ1n) is 15.2. The Labute approximate surface area is 270 Å². The highest BCUT2D eigenvalue weighted by atomic mass is 35.5. The van der Waals surface area contributed by atoms with Crippen molar-refractivity contribution in [3.05, 3.63) is 131 Å². The lowest BCUT2D eigenvalue weighted by molar-refractivity contribution is -0.140. The van der Waals surface area contributed by atoms with Crippen molar-refractivity contribution in [3.63, 3.8) is 0 Å². The Hall–Kier alpha value is -4.14. The molecule has 0 radical (unpaired) electrons. The number of nitrogens with zero attached hydrogens (tertiary/aromatic N) is 2. The molecule has 1 fully saturated rings. The summed E-state index contributed by atoms with van der Waals surface area (Å²) in [5, 5.41) is 3.53. The fourth-order valence-corrected chi connectivity index (χ4v) is 7.30. The second-order valence-electron chi connectivity index (χ2n) is 11.5. The van der Waals surface area contributed by atoms with Gasteiger partial charge in [-0.05, 0) is 61.2 Å². The molecule has 234 valence electrons. The first-order chi connectivity index (χ1) is 21.7. The van der Waals surface area contributed by atoms with Gasteiger partial charge in [0.1, 0.15) is 12.6 Å². The van der Waals surface area contributed by atoms with Crippen LogP contribution in [0.25, 0.3) is 0 Å². The van der Waals surface area contributed by atoms with Crippen LogP contribution >= 0.6 is 11.6 Å². The van der Waals surface area contributed by atoms with Crippen molar-refractivity contribution in [1.29, 1.82) is 0 Å². The molecule has 1 aliphatic rings. The molecule has 0 bridgehead atoms. The summed E-state index contributed by atoms with van der Waals surface area (Å²) >= 11 is 6.30. The average Bonchev–Trinajstić information content (AvgIpc) is 3.56. The number of hydrogen-bond donors (Lipinski definition) is 1. The summed E-state index contributed by atoms with van der Waals surface area (Å²) in [6.07, 6.45) is 4.17. The van der Waals surface area contributed by atoms with E-state index in [1.54, 1.807) is 36.4 Å². The van der Waals surface area contributed by atoms with Gasteiger partial charge in [0.2, 0.25) is 11.8 Å². The zero-order chi connectivity index (χ0) is 31.8. The van der Waals surface area contributed by atoms with Gasteiger partial charge >= 0.3 is 0 Å². The molecule has 1 unspecified atom stereocenters. The summed E-state index contributed by atoms with van der Waals surface area (Å²) < 4.78 is 29.2.